The summed E-state index contributed by atoms with van der Waals surface area (Å²) in [6, 6.07) is 6.75. The minimum Gasteiger partial charge on any atom is -0.382 e. The van der Waals surface area contributed by atoms with Crippen LogP contribution < -0.4 is 5.32 Å². The van der Waals surface area contributed by atoms with Crippen LogP contribution in [-0.2, 0) is 16.0 Å². The van der Waals surface area contributed by atoms with Gasteiger partial charge in [-0.25, -0.2) is 0 Å². The first kappa shape index (κ1) is 22.6. The van der Waals surface area contributed by atoms with Crippen LogP contribution >= 0.6 is 24.0 Å². The van der Waals surface area contributed by atoms with E-state index in [9.17, 15) is 10.1 Å². The number of hydrogen-bond acceptors (Lipinski definition) is 5. The molecule has 1 heterocycles. The van der Waals surface area contributed by atoms with E-state index in [1.54, 1.807) is 32.4 Å². The number of hydrogen-bond donors (Lipinski definition) is 1. The molecule has 8 nitrogen and oxygen atoms in total. The molecule has 1 atom stereocenters. The molecule has 0 aliphatic carbocycles. The van der Waals surface area contributed by atoms with Crippen LogP contribution in [0.5, 0.6) is 0 Å². The van der Waals surface area contributed by atoms with Crippen LogP contribution in [0.1, 0.15) is 12.0 Å². The molecule has 9 heteroatoms. The number of nitrogens with one attached hydrogen (secondary N) is 1. The zero-order chi connectivity index (χ0) is 18.1. The summed E-state index contributed by atoms with van der Waals surface area (Å²) in [7, 11) is 3.39. The molecule has 1 fully saturated rings. The lowest BCUT2D eigenvalue weighted by Crippen LogP contribution is -2.40. The summed E-state index contributed by atoms with van der Waals surface area (Å²) in [6.07, 6.45) is 1.04. The van der Waals surface area contributed by atoms with E-state index < -0.39 is 0 Å². The number of nitrogens with zero attached hydrogens (tertiary/aromatic N) is 3. The Morgan fingerprint density at radius 2 is 2.19 bits per heavy atom. The van der Waals surface area contributed by atoms with Crippen LogP contribution in [0.25, 0.3) is 0 Å². The molecular formula is C17H27IN4O4. The van der Waals surface area contributed by atoms with E-state index in [1.165, 1.54) is 6.07 Å². The van der Waals surface area contributed by atoms with Gasteiger partial charge >= 0.3 is 0 Å². The third-order valence-electron chi connectivity index (χ3n) is 4.21. The van der Waals surface area contributed by atoms with Gasteiger partial charge in [0.25, 0.3) is 5.69 Å². The Morgan fingerprint density at radius 3 is 2.88 bits per heavy atom. The lowest BCUT2D eigenvalue weighted by Gasteiger charge is -2.21. The first-order valence-corrected chi connectivity index (χ1v) is 8.40. The molecule has 0 spiro atoms. The van der Waals surface area contributed by atoms with Crippen LogP contribution in [0.2, 0.25) is 0 Å². The summed E-state index contributed by atoms with van der Waals surface area (Å²) in [5, 5.41) is 14.3. The first-order chi connectivity index (χ1) is 12.2. The molecule has 1 saturated heterocycles. The van der Waals surface area contributed by atoms with Crippen molar-refractivity contribution in [1.29, 1.82) is 0 Å². The van der Waals surface area contributed by atoms with Gasteiger partial charge in [-0.1, -0.05) is 18.2 Å². The SMILES string of the molecule is CN=C(NCc1ccccc1[N+](=O)[O-])N1CCC(COCCOC)C1.I. The quantitative estimate of drug-likeness (QED) is 0.154. The second kappa shape index (κ2) is 12.0. The van der Waals surface area contributed by atoms with Crippen molar-refractivity contribution in [3.63, 3.8) is 0 Å². The predicted octanol–water partition coefficient (Wildman–Crippen LogP) is 2.27. The minimum absolute atomic E-state index is 0. The van der Waals surface area contributed by atoms with Gasteiger partial charge in [0.15, 0.2) is 5.96 Å². The average Bonchev–Trinajstić information content (AvgIpc) is 3.08. The van der Waals surface area contributed by atoms with Gasteiger partial charge < -0.3 is 19.7 Å². The third kappa shape index (κ3) is 6.69. The van der Waals surface area contributed by atoms with Crippen molar-refractivity contribution < 1.29 is 14.4 Å². The topological polar surface area (TPSA) is 89.2 Å². The highest BCUT2D eigenvalue weighted by Crippen LogP contribution is 2.19. The van der Waals surface area contributed by atoms with Crippen LogP contribution in [-0.4, -0.2) is 62.9 Å². The summed E-state index contributed by atoms with van der Waals surface area (Å²) in [4.78, 5) is 17.2. The smallest absolute Gasteiger partial charge is 0.274 e. The summed E-state index contributed by atoms with van der Waals surface area (Å²) in [5.74, 6) is 1.22. The highest BCUT2D eigenvalue weighted by Gasteiger charge is 2.25. The number of rotatable bonds is 8. The number of para-hydroxylation sites is 1. The molecule has 1 aliphatic heterocycles. The normalized spacial score (nSPS) is 17.1. The monoisotopic (exact) mass is 478 g/mol. The molecule has 1 N–H and O–H groups in total. The van der Waals surface area contributed by atoms with Crippen LogP contribution in [0.15, 0.2) is 29.3 Å². The van der Waals surface area contributed by atoms with E-state index in [-0.39, 0.29) is 34.6 Å². The van der Waals surface area contributed by atoms with Crippen LogP contribution in [0.3, 0.4) is 0 Å². The number of nitro benzene ring substituents is 1. The van der Waals surface area contributed by atoms with E-state index >= 15 is 0 Å². The number of methoxy groups -OCH3 is 1. The lowest BCUT2D eigenvalue weighted by molar-refractivity contribution is -0.385. The Balaban J connectivity index is 0.00000338. The molecule has 1 aromatic rings. The minimum atomic E-state index is -0.358. The van der Waals surface area contributed by atoms with E-state index in [4.69, 9.17) is 9.47 Å². The second-order valence-electron chi connectivity index (χ2n) is 5.96. The molecule has 1 unspecified atom stereocenters. The Morgan fingerprint density at radius 1 is 1.42 bits per heavy atom. The van der Waals surface area contributed by atoms with Gasteiger partial charge in [-0.05, 0) is 6.42 Å². The highest BCUT2D eigenvalue weighted by molar-refractivity contribution is 14.0. The van der Waals surface area contributed by atoms with Crippen molar-refractivity contribution in [3.05, 3.63) is 39.9 Å². The third-order valence-corrected chi connectivity index (χ3v) is 4.21. The predicted molar refractivity (Wildman–Crippen MR) is 111 cm³/mol. The summed E-state index contributed by atoms with van der Waals surface area (Å²) in [5.41, 5.74) is 0.767. The molecule has 2 rings (SSSR count). The molecule has 26 heavy (non-hydrogen) atoms. The maximum atomic E-state index is 11.1. The number of likely N-dealkylation sites (tertiary alicyclic amines) is 1. The Labute approximate surface area is 171 Å². The number of aliphatic imine (C=N–C) groups is 1. The van der Waals surface area contributed by atoms with Gasteiger partial charge in [0.2, 0.25) is 0 Å². The van der Waals surface area contributed by atoms with Crippen molar-refractivity contribution in [3.8, 4) is 0 Å². The fraction of sp³-hybridized carbons (Fsp3) is 0.588. The van der Waals surface area contributed by atoms with Crippen molar-refractivity contribution in [2.45, 2.75) is 13.0 Å². The van der Waals surface area contributed by atoms with Crippen LogP contribution in [0.4, 0.5) is 5.69 Å². The number of benzene rings is 1. The maximum absolute atomic E-state index is 11.1. The van der Waals surface area contributed by atoms with Crippen molar-refractivity contribution in [2.75, 3.05) is 47.1 Å². The number of nitro groups is 1. The summed E-state index contributed by atoms with van der Waals surface area (Å²) >= 11 is 0. The van der Waals surface area contributed by atoms with Gasteiger partial charge in [-0.15, -0.1) is 24.0 Å². The zero-order valence-corrected chi connectivity index (χ0v) is 17.5. The average molecular weight is 478 g/mol. The second-order valence-corrected chi connectivity index (χ2v) is 5.96. The van der Waals surface area contributed by atoms with E-state index in [0.717, 1.165) is 25.5 Å². The van der Waals surface area contributed by atoms with Gasteiger partial charge in [0.1, 0.15) is 0 Å². The van der Waals surface area contributed by atoms with Crippen molar-refractivity contribution in [1.82, 2.24) is 10.2 Å². The fourth-order valence-electron chi connectivity index (χ4n) is 2.90. The Kier molecular flexibility index (Phi) is 10.4. The van der Waals surface area contributed by atoms with Crippen molar-refractivity contribution in [2.24, 2.45) is 10.9 Å². The standard InChI is InChI=1S/C17H26N4O4.HI/c1-18-17(19-11-15-5-3-4-6-16(15)21(22)23)20-8-7-14(12-20)13-25-10-9-24-2;/h3-6,14H,7-13H2,1-2H3,(H,18,19);1H. The van der Waals surface area contributed by atoms with Gasteiger partial charge in [-0.2, -0.15) is 0 Å². The van der Waals surface area contributed by atoms with E-state index in [2.05, 4.69) is 15.2 Å². The van der Waals surface area contributed by atoms with E-state index in [0.29, 0.717) is 37.8 Å². The molecular weight excluding hydrogens is 451 g/mol. The van der Waals surface area contributed by atoms with Gasteiger partial charge in [0.05, 0.1) is 24.7 Å². The van der Waals surface area contributed by atoms with Gasteiger partial charge in [-0.3, -0.25) is 15.1 Å². The maximum Gasteiger partial charge on any atom is 0.274 e. The zero-order valence-electron chi connectivity index (χ0n) is 15.2. The number of halogens is 1. The lowest BCUT2D eigenvalue weighted by atomic mass is 10.1. The molecule has 0 radical (unpaired) electrons. The fourth-order valence-corrected chi connectivity index (χ4v) is 2.90. The molecule has 0 saturated carbocycles. The molecule has 0 amide bonds. The summed E-state index contributed by atoms with van der Waals surface area (Å²) in [6.45, 7) is 4.06. The highest BCUT2D eigenvalue weighted by atomic mass is 127. The molecule has 146 valence electrons. The van der Waals surface area contributed by atoms with Gasteiger partial charge in [0, 0.05) is 51.3 Å². The molecule has 0 aromatic heterocycles. The summed E-state index contributed by atoms with van der Waals surface area (Å²) < 4.78 is 10.6. The first-order valence-electron chi connectivity index (χ1n) is 8.40. The number of ether oxygens (including phenoxy) is 2. The van der Waals surface area contributed by atoms with Crippen molar-refractivity contribution >= 4 is 35.6 Å². The molecule has 1 aliphatic rings. The Hall–Kier alpha value is -1.46. The number of guanidine groups is 1. The van der Waals surface area contributed by atoms with E-state index in [1.807, 2.05) is 0 Å². The Bertz CT molecular complexity index is 600. The van der Waals surface area contributed by atoms with Crippen LogP contribution in [0, 0.1) is 16.0 Å². The molecule has 0 bridgehead atoms. The molecule has 1 aromatic carbocycles. The largest absolute Gasteiger partial charge is 0.382 e.